The fourth-order valence-electron chi connectivity index (χ4n) is 3.09. The van der Waals surface area contributed by atoms with E-state index in [1.807, 2.05) is 12.1 Å². The van der Waals surface area contributed by atoms with E-state index in [9.17, 15) is 0 Å². The fraction of sp³-hybridized carbons (Fsp3) is 0.417. The molecule has 0 atom stereocenters. The second kappa shape index (κ2) is 12.9. The number of benzene rings is 2. The number of hydrogen-bond acceptors (Lipinski definition) is 1. The van der Waals surface area contributed by atoms with Gasteiger partial charge in [-0.3, -0.25) is 0 Å². The molecule has 3 heteroatoms. The van der Waals surface area contributed by atoms with E-state index in [1.54, 1.807) is 6.08 Å². The van der Waals surface area contributed by atoms with Gasteiger partial charge in [0.25, 0.3) is 0 Å². The van der Waals surface area contributed by atoms with Crippen molar-refractivity contribution in [3.05, 3.63) is 75.8 Å². The molecule has 146 valence electrons. The van der Waals surface area contributed by atoms with Gasteiger partial charge in [0.2, 0.25) is 0 Å². The van der Waals surface area contributed by atoms with Crippen molar-refractivity contribution in [1.82, 2.24) is 0 Å². The van der Waals surface area contributed by atoms with Gasteiger partial charge in [-0.05, 0) is 66.6 Å². The first-order valence-corrected chi connectivity index (χ1v) is 10.8. The molecule has 0 aromatic heterocycles. The molecule has 0 bridgehead atoms. The molecule has 0 spiro atoms. The Labute approximate surface area is 174 Å². The van der Waals surface area contributed by atoms with Gasteiger partial charge < -0.3 is 4.74 Å². The summed E-state index contributed by atoms with van der Waals surface area (Å²) in [6, 6.07) is 14.8. The highest BCUT2D eigenvalue weighted by atomic mass is 35.5. The summed E-state index contributed by atoms with van der Waals surface area (Å²) in [5.74, 6) is 0.861. The Hall–Kier alpha value is -1.44. The summed E-state index contributed by atoms with van der Waals surface area (Å²) in [5, 5.41) is 0.916. The summed E-state index contributed by atoms with van der Waals surface area (Å²) < 4.78 is 5.56. The lowest BCUT2D eigenvalue weighted by molar-refractivity contribution is 0.363. The van der Waals surface area contributed by atoms with Crippen molar-refractivity contribution in [1.29, 1.82) is 0 Å². The lowest BCUT2D eigenvalue weighted by atomic mass is 10.0. The average Bonchev–Trinajstić information content (AvgIpc) is 2.69. The van der Waals surface area contributed by atoms with Gasteiger partial charge in [0.15, 0.2) is 0 Å². The normalized spacial score (nSPS) is 11.2. The third-order valence-electron chi connectivity index (χ3n) is 4.73. The van der Waals surface area contributed by atoms with Crippen LogP contribution in [0.3, 0.4) is 0 Å². The quantitative estimate of drug-likeness (QED) is 0.328. The molecule has 2 aromatic carbocycles. The molecule has 0 aliphatic carbocycles. The largest absolute Gasteiger partial charge is 0.490 e. The van der Waals surface area contributed by atoms with E-state index in [2.05, 4.69) is 37.3 Å². The lowest BCUT2D eigenvalue weighted by Crippen LogP contribution is -1.95. The Balaban J connectivity index is 1.79. The van der Waals surface area contributed by atoms with Crippen molar-refractivity contribution in [2.75, 3.05) is 6.61 Å². The van der Waals surface area contributed by atoms with E-state index >= 15 is 0 Å². The SMILES string of the molecule is CCCCCCCc1ccc(CCc2ccc(OC/C=C/Cl)cc2)cc1Cl. The van der Waals surface area contributed by atoms with Gasteiger partial charge >= 0.3 is 0 Å². The van der Waals surface area contributed by atoms with Crippen LogP contribution in [0, 0.1) is 0 Å². The standard InChI is InChI=1S/C24H30Cl2O/c1-2-3-4-5-6-8-22-14-11-21(19-24(22)26)10-9-20-12-15-23(16-13-20)27-18-7-17-25/h7,11-17,19H,2-6,8-10,18H2,1H3/b17-7+. The van der Waals surface area contributed by atoms with Crippen LogP contribution in [0.25, 0.3) is 0 Å². The number of aryl methyl sites for hydroxylation is 3. The number of unbranched alkanes of at least 4 members (excludes halogenated alkanes) is 4. The fourth-order valence-corrected chi connectivity index (χ4v) is 3.46. The maximum absolute atomic E-state index is 6.50. The van der Waals surface area contributed by atoms with Crippen molar-refractivity contribution in [2.45, 2.75) is 58.3 Å². The van der Waals surface area contributed by atoms with Gasteiger partial charge in [-0.15, -0.1) is 0 Å². The molecule has 0 amide bonds. The van der Waals surface area contributed by atoms with E-state index < -0.39 is 0 Å². The van der Waals surface area contributed by atoms with Gasteiger partial charge in [0.1, 0.15) is 12.4 Å². The highest BCUT2D eigenvalue weighted by molar-refractivity contribution is 6.31. The van der Waals surface area contributed by atoms with Crippen LogP contribution in [0.4, 0.5) is 0 Å². The molecule has 0 N–H and O–H groups in total. The van der Waals surface area contributed by atoms with Crippen LogP contribution in [0.15, 0.2) is 54.1 Å². The zero-order chi connectivity index (χ0) is 19.3. The molecule has 2 aromatic rings. The van der Waals surface area contributed by atoms with Crippen molar-refractivity contribution in [3.8, 4) is 5.75 Å². The van der Waals surface area contributed by atoms with Crippen molar-refractivity contribution in [3.63, 3.8) is 0 Å². The minimum Gasteiger partial charge on any atom is -0.490 e. The molecule has 2 rings (SSSR count). The molecule has 0 saturated heterocycles. The minimum absolute atomic E-state index is 0.492. The van der Waals surface area contributed by atoms with Crippen LogP contribution >= 0.6 is 23.2 Å². The Morgan fingerprint density at radius 2 is 1.56 bits per heavy atom. The second-order valence-corrected chi connectivity index (χ2v) is 7.57. The smallest absolute Gasteiger partial charge is 0.119 e. The number of halogens is 2. The summed E-state index contributed by atoms with van der Waals surface area (Å²) in [6.45, 7) is 2.74. The third-order valence-corrected chi connectivity index (χ3v) is 5.26. The summed E-state index contributed by atoms with van der Waals surface area (Å²) >= 11 is 12.0. The van der Waals surface area contributed by atoms with E-state index in [-0.39, 0.29) is 0 Å². The average molecular weight is 405 g/mol. The Morgan fingerprint density at radius 3 is 2.26 bits per heavy atom. The predicted octanol–water partition coefficient (Wildman–Crippen LogP) is 7.77. The van der Waals surface area contributed by atoms with Crippen LogP contribution in [-0.2, 0) is 19.3 Å². The van der Waals surface area contributed by atoms with E-state index in [1.165, 1.54) is 54.3 Å². The van der Waals surface area contributed by atoms with Gasteiger partial charge in [-0.1, -0.05) is 80.1 Å². The molecule has 0 saturated carbocycles. The summed E-state index contributed by atoms with van der Waals surface area (Å²) in [5.41, 5.74) is 5.34. The molecular formula is C24H30Cl2O. The third kappa shape index (κ3) is 8.41. The zero-order valence-electron chi connectivity index (χ0n) is 16.2. The number of rotatable bonds is 12. The summed E-state index contributed by atoms with van der Waals surface area (Å²) in [4.78, 5) is 0. The van der Waals surface area contributed by atoms with Gasteiger partial charge in [0, 0.05) is 10.6 Å². The van der Waals surface area contributed by atoms with Gasteiger partial charge in [-0.2, -0.15) is 0 Å². The first-order chi connectivity index (χ1) is 13.2. The van der Waals surface area contributed by atoms with Crippen molar-refractivity contribution in [2.24, 2.45) is 0 Å². The lowest BCUT2D eigenvalue weighted by Gasteiger charge is -2.08. The minimum atomic E-state index is 0.492. The Morgan fingerprint density at radius 1 is 0.852 bits per heavy atom. The molecule has 27 heavy (non-hydrogen) atoms. The second-order valence-electron chi connectivity index (χ2n) is 6.91. The van der Waals surface area contributed by atoms with E-state index in [0.29, 0.717) is 6.61 Å². The topological polar surface area (TPSA) is 9.23 Å². The highest BCUT2D eigenvalue weighted by Gasteiger charge is 2.04. The van der Waals surface area contributed by atoms with Crippen LogP contribution in [0.5, 0.6) is 5.75 Å². The monoisotopic (exact) mass is 404 g/mol. The molecule has 0 unspecified atom stereocenters. The van der Waals surface area contributed by atoms with Crippen LogP contribution in [0.1, 0.15) is 55.7 Å². The zero-order valence-corrected chi connectivity index (χ0v) is 17.7. The molecule has 1 nitrogen and oxygen atoms in total. The molecule has 0 fully saturated rings. The molecule has 0 aliphatic rings. The van der Waals surface area contributed by atoms with Gasteiger partial charge in [-0.25, -0.2) is 0 Å². The maximum atomic E-state index is 6.50. The van der Waals surface area contributed by atoms with Crippen LogP contribution in [0.2, 0.25) is 5.02 Å². The summed E-state index contributed by atoms with van der Waals surface area (Å²) in [7, 11) is 0. The molecule has 0 heterocycles. The van der Waals surface area contributed by atoms with Crippen LogP contribution < -0.4 is 4.74 Å². The van der Waals surface area contributed by atoms with Crippen molar-refractivity contribution >= 4 is 23.2 Å². The Kier molecular flexibility index (Phi) is 10.4. The van der Waals surface area contributed by atoms with E-state index in [0.717, 1.165) is 30.0 Å². The maximum Gasteiger partial charge on any atom is 0.119 e. The number of ether oxygens (including phenoxy) is 1. The molecule has 0 radical (unpaired) electrons. The molecular weight excluding hydrogens is 375 g/mol. The number of hydrogen-bond donors (Lipinski definition) is 0. The Bertz CT molecular complexity index is 692. The molecule has 0 aliphatic heterocycles. The van der Waals surface area contributed by atoms with Gasteiger partial charge in [0.05, 0.1) is 0 Å². The van der Waals surface area contributed by atoms with Crippen LogP contribution in [-0.4, -0.2) is 6.61 Å². The first kappa shape index (κ1) is 21.9. The highest BCUT2D eigenvalue weighted by Crippen LogP contribution is 2.22. The van der Waals surface area contributed by atoms with Crippen molar-refractivity contribution < 1.29 is 4.74 Å². The predicted molar refractivity (Wildman–Crippen MR) is 118 cm³/mol. The summed E-state index contributed by atoms with van der Waals surface area (Å²) in [6.07, 6.45) is 11.3. The van der Waals surface area contributed by atoms with E-state index in [4.69, 9.17) is 27.9 Å². The first-order valence-electron chi connectivity index (χ1n) is 9.97.